The molecule has 1 radical (unpaired) electrons. The maximum Gasteiger partial charge on any atom is 0.416 e. The van der Waals surface area contributed by atoms with Crippen LogP contribution < -0.4 is 0 Å². The summed E-state index contributed by atoms with van der Waals surface area (Å²) in [6.45, 7) is 0. The summed E-state index contributed by atoms with van der Waals surface area (Å²) in [5, 5.41) is 0.700. The maximum absolute atomic E-state index is 12.5. The molecule has 1 heterocycles. The minimum atomic E-state index is -4.31. The second-order valence-corrected chi connectivity index (χ2v) is 5.01. The SMILES string of the molecule is FC(F)(F)c1ccc(-c2nc3[c]cccc3s2)cc1. The molecule has 95 valence electrons. The fourth-order valence-electron chi connectivity index (χ4n) is 1.74. The first-order chi connectivity index (χ1) is 9.04. The topological polar surface area (TPSA) is 12.9 Å². The number of hydrogen-bond donors (Lipinski definition) is 0. The van der Waals surface area contributed by atoms with Crippen LogP contribution in [0.25, 0.3) is 20.8 Å². The molecule has 19 heavy (non-hydrogen) atoms. The van der Waals surface area contributed by atoms with Crippen LogP contribution in [0.15, 0.2) is 42.5 Å². The summed E-state index contributed by atoms with van der Waals surface area (Å²) in [4.78, 5) is 4.36. The first kappa shape index (κ1) is 12.2. The fourth-order valence-corrected chi connectivity index (χ4v) is 2.68. The third-order valence-corrected chi connectivity index (χ3v) is 3.75. The second kappa shape index (κ2) is 4.35. The van der Waals surface area contributed by atoms with Crippen molar-refractivity contribution in [2.45, 2.75) is 6.18 Å². The van der Waals surface area contributed by atoms with Crippen molar-refractivity contribution < 1.29 is 13.2 Å². The standard InChI is InChI=1S/C14H7F3NS/c15-14(16,17)10-7-5-9(6-8-10)13-18-11-3-1-2-4-12(11)19-13/h1-2,4-8H. The minimum Gasteiger partial charge on any atom is -0.235 e. The number of hydrogen-bond acceptors (Lipinski definition) is 2. The van der Waals surface area contributed by atoms with Crippen LogP contribution in [0.5, 0.6) is 0 Å². The Balaban J connectivity index is 2.02. The van der Waals surface area contributed by atoms with Crippen molar-refractivity contribution in [1.29, 1.82) is 0 Å². The van der Waals surface area contributed by atoms with E-state index >= 15 is 0 Å². The maximum atomic E-state index is 12.5. The molecule has 2 aromatic carbocycles. The van der Waals surface area contributed by atoms with Gasteiger partial charge >= 0.3 is 6.18 Å². The van der Waals surface area contributed by atoms with Gasteiger partial charge in [0.05, 0.1) is 15.8 Å². The third-order valence-electron chi connectivity index (χ3n) is 2.68. The highest BCUT2D eigenvalue weighted by Gasteiger charge is 2.30. The van der Waals surface area contributed by atoms with Gasteiger partial charge in [-0.05, 0) is 18.2 Å². The van der Waals surface area contributed by atoms with E-state index in [4.69, 9.17) is 0 Å². The van der Waals surface area contributed by atoms with Gasteiger partial charge in [0.15, 0.2) is 0 Å². The van der Waals surface area contributed by atoms with Crippen LogP contribution in [0.4, 0.5) is 13.2 Å². The Morgan fingerprint density at radius 3 is 2.42 bits per heavy atom. The number of nitrogens with zero attached hydrogens (tertiary/aromatic N) is 1. The normalized spacial score (nSPS) is 11.9. The van der Waals surface area contributed by atoms with E-state index in [9.17, 15) is 13.2 Å². The third kappa shape index (κ3) is 2.33. The highest BCUT2D eigenvalue weighted by atomic mass is 32.1. The molecular formula is C14H7F3NS. The summed E-state index contributed by atoms with van der Waals surface area (Å²) in [6, 6.07) is 13.6. The first-order valence-corrected chi connectivity index (χ1v) is 6.30. The molecule has 3 aromatic rings. The van der Waals surface area contributed by atoms with Crippen LogP contribution in [0.1, 0.15) is 5.56 Å². The highest BCUT2D eigenvalue weighted by molar-refractivity contribution is 7.21. The molecule has 3 rings (SSSR count). The zero-order chi connectivity index (χ0) is 13.5. The molecule has 0 amide bonds. The second-order valence-electron chi connectivity index (χ2n) is 3.98. The molecule has 0 aliphatic carbocycles. The lowest BCUT2D eigenvalue weighted by molar-refractivity contribution is -0.137. The predicted molar refractivity (Wildman–Crippen MR) is 68.9 cm³/mol. The average Bonchev–Trinajstić information content (AvgIpc) is 2.81. The smallest absolute Gasteiger partial charge is 0.235 e. The largest absolute Gasteiger partial charge is 0.416 e. The van der Waals surface area contributed by atoms with E-state index in [1.165, 1.54) is 23.5 Å². The molecule has 0 aliphatic heterocycles. The number of thiazole rings is 1. The Morgan fingerprint density at radius 1 is 1.05 bits per heavy atom. The van der Waals surface area contributed by atoms with Crippen LogP contribution in [0, 0.1) is 6.07 Å². The van der Waals surface area contributed by atoms with Gasteiger partial charge in [0.25, 0.3) is 0 Å². The molecule has 0 aliphatic rings. The predicted octanol–water partition coefficient (Wildman–Crippen LogP) is 4.78. The lowest BCUT2D eigenvalue weighted by Crippen LogP contribution is -2.03. The van der Waals surface area contributed by atoms with Gasteiger partial charge in [-0.1, -0.05) is 24.3 Å². The summed E-state index contributed by atoms with van der Waals surface area (Å²) in [6.07, 6.45) is -4.31. The van der Waals surface area contributed by atoms with E-state index in [-0.39, 0.29) is 0 Å². The number of para-hydroxylation sites is 1. The van der Waals surface area contributed by atoms with Crippen molar-refractivity contribution in [3.05, 3.63) is 54.1 Å². The van der Waals surface area contributed by atoms with Crippen molar-refractivity contribution >= 4 is 21.6 Å². The number of benzene rings is 2. The fraction of sp³-hybridized carbons (Fsp3) is 0.0714. The van der Waals surface area contributed by atoms with E-state index in [1.54, 1.807) is 6.07 Å². The molecule has 1 nitrogen and oxygen atoms in total. The van der Waals surface area contributed by atoms with E-state index < -0.39 is 11.7 Å². The Bertz CT molecular complexity index is 680. The number of halogens is 3. The number of aromatic nitrogens is 1. The Morgan fingerprint density at radius 2 is 1.79 bits per heavy atom. The van der Waals surface area contributed by atoms with Crippen LogP contribution in [-0.2, 0) is 6.18 Å². The first-order valence-electron chi connectivity index (χ1n) is 5.49. The van der Waals surface area contributed by atoms with Gasteiger partial charge in [-0.25, -0.2) is 4.98 Å². The van der Waals surface area contributed by atoms with Crippen molar-refractivity contribution in [2.24, 2.45) is 0 Å². The lowest BCUT2D eigenvalue weighted by Gasteiger charge is -2.06. The number of rotatable bonds is 1. The molecule has 0 fully saturated rings. The molecular weight excluding hydrogens is 271 g/mol. The van der Waals surface area contributed by atoms with Crippen LogP contribution in [0.3, 0.4) is 0 Å². The number of alkyl halides is 3. The molecule has 0 spiro atoms. The molecule has 0 atom stereocenters. The molecule has 0 saturated carbocycles. The van der Waals surface area contributed by atoms with Crippen molar-refractivity contribution in [2.75, 3.05) is 0 Å². The molecule has 0 bridgehead atoms. The molecule has 5 heteroatoms. The van der Waals surface area contributed by atoms with E-state index in [2.05, 4.69) is 11.1 Å². The molecule has 1 aromatic heterocycles. The van der Waals surface area contributed by atoms with E-state index in [0.29, 0.717) is 10.6 Å². The van der Waals surface area contributed by atoms with Crippen LogP contribution in [0.2, 0.25) is 0 Å². The van der Waals surface area contributed by atoms with Gasteiger partial charge < -0.3 is 0 Å². The van der Waals surface area contributed by atoms with Crippen molar-refractivity contribution in [1.82, 2.24) is 4.98 Å². The molecule has 0 N–H and O–H groups in total. The zero-order valence-corrected chi connectivity index (χ0v) is 10.3. The van der Waals surface area contributed by atoms with Gasteiger partial charge in [-0.2, -0.15) is 13.2 Å². The van der Waals surface area contributed by atoms with Gasteiger partial charge in [0, 0.05) is 11.6 Å². The van der Waals surface area contributed by atoms with E-state index in [1.807, 2.05) is 12.1 Å². The molecule has 0 saturated heterocycles. The van der Waals surface area contributed by atoms with Gasteiger partial charge in [-0.15, -0.1) is 11.3 Å². The zero-order valence-electron chi connectivity index (χ0n) is 9.53. The summed E-state index contributed by atoms with van der Waals surface area (Å²) in [5.41, 5.74) is 0.772. The summed E-state index contributed by atoms with van der Waals surface area (Å²) in [5.74, 6) is 0. The quantitative estimate of drug-likeness (QED) is 0.624. The van der Waals surface area contributed by atoms with Gasteiger partial charge in [-0.3, -0.25) is 0 Å². The average molecular weight is 278 g/mol. The summed E-state index contributed by atoms with van der Waals surface area (Å²) >= 11 is 1.44. The van der Waals surface area contributed by atoms with Gasteiger partial charge in [0.1, 0.15) is 5.01 Å². The molecule has 0 unspecified atom stereocenters. The monoisotopic (exact) mass is 278 g/mol. The number of fused-ring (bicyclic) bond motifs is 1. The summed E-state index contributed by atoms with van der Waals surface area (Å²) < 4.78 is 38.4. The van der Waals surface area contributed by atoms with E-state index in [0.717, 1.165) is 22.3 Å². The Hall–Kier alpha value is -1.88. The summed E-state index contributed by atoms with van der Waals surface area (Å²) in [7, 11) is 0. The Labute approximate surface area is 111 Å². The lowest BCUT2D eigenvalue weighted by atomic mass is 10.1. The van der Waals surface area contributed by atoms with Gasteiger partial charge in [0.2, 0.25) is 0 Å². The van der Waals surface area contributed by atoms with Crippen LogP contribution >= 0.6 is 11.3 Å². The van der Waals surface area contributed by atoms with Crippen LogP contribution in [-0.4, -0.2) is 4.98 Å². The Kier molecular flexibility index (Phi) is 2.78. The highest BCUT2D eigenvalue weighted by Crippen LogP contribution is 2.33. The van der Waals surface area contributed by atoms with Crippen molar-refractivity contribution in [3.63, 3.8) is 0 Å². The van der Waals surface area contributed by atoms with Crippen molar-refractivity contribution in [3.8, 4) is 10.6 Å². The minimum absolute atomic E-state index is 0.649.